The standard InChI is InChI=1S/C11H14ClFN2O3S/c1-3-10(11(14)16)15(19(2,17)18)7-4-5-9(13)8(12)6-7/h4-6,10H,3H2,1-2H3,(H2,14,16). The van der Waals surface area contributed by atoms with Crippen LogP contribution in [0.5, 0.6) is 0 Å². The number of nitrogens with zero attached hydrogens (tertiary/aromatic N) is 1. The molecule has 1 atom stereocenters. The zero-order chi connectivity index (χ0) is 14.8. The van der Waals surface area contributed by atoms with Gasteiger partial charge in [0.2, 0.25) is 15.9 Å². The lowest BCUT2D eigenvalue weighted by molar-refractivity contribution is -0.119. The Bertz CT molecular complexity index is 592. The highest BCUT2D eigenvalue weighted by Crippen LogP contribution is 2.26. The van der Waals surface area contributed by atoms with E-state index in [2.05, 4.69) is 0 Å². The van der Waals surface area contributed by atoms with E-state index >= 15 is 0 Å². The molecule has 0 radical (unpaired) electrons. The first-order valence-electron chi connectivity index (χ1n) is 5.42. The highest BCUT2D eigenvalue weighted by atomic mass is 35.5. The number of anilines is 1. The summed E-state index contributed by atoms with van der Waals surface area (Å²) in [7, 11) is -3.75. The molecule has 0 aromatic heterocycles. The van der Waals surface area contributed by atoms with Crippen LogP contribution in [0.25, 0.3) is 0 Å². The lowest BCUT2D eigenvalue weighted by Gasteiger charge is -2.28. The van der Waals surface area contributed by atoms with Crippen molar-refractivity contribution in [3.63, 3.8) is 0 Å². The van der Waals surface area contributed by atoms with E-state index in [-0.39, 0.29) is 17.1 Å². The molecule has 2 N–H and O–H groups in total. The molecule has 1 rings (SSSR count). The van der Waals surface area contributed by atoms with E-state index in [4.69, 9.17) is 17.3 Å². The van der Waals surface area contributed by atoms with Crippen LogP contribution >= 0.6 is 11.6 Å². The quantitative estimate of drug-likeness (QED) is 0.895. The molecule has 0 aliphatic carbocycles. The first-order chi connectivity index (χ1) is 8.68. The summed E-state index contributed by atoms with van der Waals surface area (Å²) in [6.07, 6.45) is 1.13. The molecule has 1 amide bonds. The number of carbonyl (C=O) groups is 1. The average molecular weight is 309 g/mol. The molecule has 0 fully saturated rings. The maximum absolute atomic E-state index is 13.1. The monoisotopic (exact) mass is 308 g/mol. The molecular weight excluding hydrogens is 295 g/mol. The van der Waals surface area contributed by atoms with Crippen molar-refractivity contribution in [1.82, 2.24) is 0 Å². The maximum atomic E-state index is 13.1. The third-order valence-electron chi connectivity index (χ3n) is 2.51. The van der Waals surface area contributed by atoms with Crippen LogP contribution in [0, 0.1) is 5.82 Å². The van der Waals surface area contributed by atoms with Crippen molar-refractivity contribution in [2.45, 2.75) is 19.4 Å². The van der Waals surface area contributed by atoms with E-state index in [1.807, 2.05) is 0 Å². The van der Waals surface area contributed by atoms with Gasteiger partial charge in [-0.2, -0.15) is 0 Å². The zero-order valence-electron chi connectivity index (χ0n) is 10.4. The summed E-state index contributed by atoms with van der Waals surface area (Å²) in [6, 6.07) is 2.36. The van der Waals surface area contributed by atoms with Gasteiger partial charge in [-0.25, -0.2) is 12.8 Å². The number of benzene rings is 1. The van der Waals surface area contributed by atoms with Gasteiger partial charge in [-0.1, -0.05) is 18.5 Å². The van der Waals surface area contributed by atoms with E-state index in [1.165, 1.54) is 6.07 Å². The Morgan fingerprint density at radius 1 is 1.53 bits per heavy atom. The molecule has 1 aromatic carbocycles. The summed E-state index contributed by atoms with van der Waals surface area (Å²) in [5.41, 5.74) is 5.29. The van der Waals surface area contributed by atoms with Gasteiger partial charge >= 0.3 is 0 Å². The number of rotatable bonds is 5. The molecule has 0 aliphatic heterocycles. The molecule has 1 aromatic rings. The fraction of sp³-hybridized carbons (Fsp3) is 0.364. The van der Waals surface area contributed by atoms with E-state index in [0.717, 1.165) is 22.7 Å². The van der Waals surface area contributed by atoms with Gasteiger partial charge in [0.25, 0.3) is 0 Å². The summed E-state index contributed by atoms with van der Waals surface area (Å²) < 4.78 is 37.6. The summed E-state index contributed by atoms with van der Waals surface area (Å²) in [4.78, 5) is 11.4. The Balaban J connectivity index is 3.40. The topological polar surface area (TPSA) is 80.5 Å². The average Bonchev–Trinajstić information content (AvgIpc) is 2.27. The molecule has 0 saturated carbocycles. The molecule has 5 nitrogen and oxygen atoms in total. The first kappa shape index (κ1) is 15.7. The summed E-state index contributed by atoms with van der Waals surface area (Å²) >= 11 is 5.62. The van der Waals surface area contributed by atoms with Crippen molar-refractivity contribution in [2.24, 2.45) is 5.73 Å². The summed E-state index contributed by atoms with van der Waals surface area (Å²) in [5.74, 6) is -1.46. The number of nitrogens with two attached hydrogens (primary N) is 1. The van der Waals surface area contributed by atoms with Crippen LogP contribution in [0.1, 0.15) is 13.3 Å². The molecule has 0 spiro atoms. The number of amides is 1. The van der Waals surface area contributed by atoms with Gasteiger partial charge in [0.15, 0.2) is 0 Å². The number of hydrogen-bond donors (Lipinski definition) is 1. The van der Waals surface area contributed by atoms with Gasteiger partial charge in [0.1, 0.15) is 11.9 Å². The largest absolute Gasteiger partial charge is 0.368 e. The van der Waals surface area contributed by atoms with Gasteiger partial charge < -0.3 is 5.73 Å². The van der Waals surface area contributed by atoms with Crippen molar-refractivity contribution in [3.8, 4) is 0 Å². The van der Waals surface area contributed by atoms with E-state index in [9.17, 15) is 17.6 Å². The van der Waals surface area contributed by atoms with Crippen LogP contribution < -0.4 is 10.0 Å². The van der Waals surface area contributed by atoms with Crippen molar-refractivity contribution in [2.75, 3.05) is 10.6 Å². The van der Waals surface area contributed by atoms with E-state index in [0.29, 0.717) is 0 Å². The van der Waals surface area contributed by atoms with Gasteiger partial charge in [-0.05, 0) is 24.6 Å². The molecule has 1 unspecified atom stereocenters. The van der Waals surface area contributed by atoms with Crippen molar-refractivity contribution < 1.29 is 17.6 Å². The molecule has 0 heterocycles. The van der Waals surface area contributed by atoms with Crippen molar-refractivity contribution in [3.05, 3.63) is 29.0 Å². The third kappa shape index (κ3) is 3.57. The van der Waals surface area contributed by atoms with Crippen LogP contribution in [0.15, 0.2) is 18.2 Å². The van der Waals surface area contributed by atoms with Gasteiger partial charge in [0.05, 0.1) is 17.0 Å². The SMILES string of the molecule is CCC(C(N)=O)N(c1ccc(F)c(Cl)c1)S(C)(=O)=O. The second kappa shape index (κ2) is 5.75. The lowest BCUT2D eigenvalue weighted by atomic mass is 10.2. The molecule has 106 valence electrons. The van der Waals surface area contributed by atoms with Crippen LogP contribution in [-0.4, -0.2) is 26.6 Å². The number of carbonyl (C=O) groups excluding carboxylic acids is 1. The molecule has 8 heteroatoms. The third-order valence-corrected chi connectivity index (χ3v) is 3.98. The number of sulfonamides is 1. The second-order valence-electron chi connectivity index (χ2n) is 3.98. The Labute approximate surface area is 116 Å². The van der Waals surface area contributed by atoms with Gasteiger partial charge in [-0.15, -0.1) is 0 Å². The maximum Gasteiger partial charge on any atom is 0.241 e. The second-order valence-corrected chi connectivity index (χ2v) is 6.25. The van der Waals surface area contributed by atoms with Crippen LogP contribution in [0.3, 0.4) is 0 Å². The number of halogens is 2. The summed E-state index contributed by atoms with van der Waals surface area (Å²) in [6.45, 7) is 1.62. The van der Waals surface area contributed by atoms with Crippen LogP contribution in [0.4, 0.5) is 10.1 Å². The predicted molar refractivity (Wildman–Crippen MR) is 72.0 cm³/mol. The van der Waals surface area contributed by atoms with E-state index < -0.39 is 27.8 Å². The fourth-order valence-electron chi connectivity index (χ4n) is 1.71. The Morgan fingerprint density at radius 2 is 2.11 bits per heavy atom. The Kier molecular flexibility index (Phi) is 4.75. The highest BCUT2D eigenvalue weighted by molar-refractivity contribution is 7.92. The minimum absolute atomic E-state index is 0.0968. The number of hydrogen-bond acceptors (Lipinski definition) is 3. The zero-order valence-corrected chi connectivity index (χ0v) is 12.0. The minimum Gasteiger partial charge on any atom is -0.368 e. The van der Waals surface area contributed by atoms with Crippen LogP contribution in [-0.2, 0) is 14.8 Å². The highest BCUT2D eigenvalue weighted by Gasteiger charge is 2.30. The van der Waals surface area contributed by atoms with Crippen molar-refractivity contribution in [1.29, 1.82) is 0 Å². The van der Waals surface area contributed by atoms with Crippen molar-refractivity contribution >= 4 is 33.2 Å². The van der Waals surface area contributed by atoms with Gasteiger partial charge in [0, 0.05) is 0 Å². The summed E-state index contributed by atoms with van der Waals surface area (Å²) in [5, 5.41) is -0.231. The molecule has 19 heavy (non-hydrogen) atoms. The molecule has 0 saturated heterocycles. The Morgan fingerprint density at radius 3 is 2.47 bits per heavy atom. The fourth-order valence-corrected chi connectivity index (χ4v) is 3.09. The molecule has 0 bridgehead atoms. The molecule has 0 aliphatic rings. The lowest BCUT2D eigenvalue weighted by Crippen LogP contribution is -2.47. The first-order valence-corrected chi connectivity index (χ1v) is 7.65. The number of primary amides is 1. The smallest absolute Gasteiger partial charge is 0.241 e. The van der Waals surface area contributed by atoms with Gasteiger partial charge in [-0.3, -0.25) is 9.10 Å². The normalized spacial score (nSPS) is 13.1. The molecular formula is C11H14ClFN2O3S. The minimum atomic E-state index is -3.75. The van der Waals surface area contributed by atoms with Crippen LogP contribution in [0.2, 0.25) is 5.02 Å². The van der Waals surface area contributed by atoms with E-state index in [1.54, 1.807) is 6.92 Å². The Hall–Kier alpha value is -1.34. The predicted octanol–water partition coefficient (Wildman–Crippen LogP) is 1.51.